The largest absolute Gasteiger partial charge is 0.272 e. The van der Waals surface area contributed by atoms with Gasteiger partial charge in [0.15, 0.2) is 4.77 Å². The maximum atomic E-state index is 6.07. The van der Waals surface area contributed by atoms with Crippen molar-refractivity contribution in [1.29, 1.82) is 0 Å². The third-order valence-electron chi connectivity index (χ3n) is 3.74. The minimum absolute atomic E-state index is 0.501. The molecule has 3 rings (SSSR count). The molecule has 3 nitrogen and oxygen atoms in total. The summed E-state index contributed by atoms with van der Waals surface area (Å²) in [7, 11) is 0. The smallest absolute Gasteiger partial charge is 0.199 e. The number of aromatic nitrogens is 3. The molecule has 1 saturated carbocycles. The second-order valence-corrected chi connectivity index (χ2v) is 5.86. The fourth-order valence-electron chi connectivity index (χ4n) is 2.81. The molecule has 0 bridgehead atoms. The van der Waals surface area contributed by atoms with Gasteiger partial charge in [-0.05, 0) is 43.3 Å². The number of benzene rings is 1. The Hall–Kier alpha value is -1.13. The molecule has 0 unspecified atom stereocenters. The third-order valence-corrected chi connectivity index (χ3v) is 4.24. The van der Waals surface area contributed by atoms with Crippen molar-refractivity contribution in [3.05, 3.63) is 39.9 Å². The van der Waals surface area contributed by atoms with Crippen molar-refractivity contribution in [2.75, 3.05) is 0 Å². The van der Waals surface area contributed by atoms with E-state index in [9.17, 15) is 0 Å². The Kier molecular flexibility index (Phi) is 3.71. The van der Waals surface area contributed by atoms with Gasteiger partial charge in [0.1, 0.15) is 5.82 Å². The van der Waals surface area contributed by atoms with E-state index in [0.29, 0.717) is 10.7 Å². The molecule has 1 aromatic carbocycles. The Balaban J connectivity index is 2.05. The van der Waals surface area contributed by atoms with Crippen LogP contribution in [0.3, 0.4) is 0 Å². The fraction of sp³-hybridized carbons (Fsp3) is 0.429. The molecule has 19 heavy (non-hydrogen) atoms. The summed E-state index contributed by atoms with van der Waals surface area (Å²) >= 11 is 11.4. The van der Waals surface area contributed by atoms with Crippen molar-refractivity contribution in [3.8, 4) is 5.69 Å². The van der Waals surface area contributed by atoms with Crippen LogP contribution in [-0.4, -0.2) is 14.8 Å². The highest BCUT2D eigenvalue weighted by molar-refractivity contribution is 7.71. The molecule has 0 radical (unpaired) electrons. The zero-order valence-electron chi connectivity index (χ0n) is 10.6. The predicted molar refractivity (Wildman–Crippen MR) is 79.6 cm³/mol. The van der Waals surface area contributed by atoms with Crippen molar-refractivity contribution in [3.63, 3.8) is 0 Å². The normalized spacial score (nSPS) is 16.7. The summed E-state index contributed by atoms with van der Waals surface area (Å²) in [6, 6.07) is 7.76. The van der Waals surface area contributed by atoms with Crippen LogP contribution in [0.4, 0.5) is 0 Å². The Bertz CT molecular complexity index is 626. The van der Waals surface area contributed by atoms with Gasteiger partial charge in [0.05, 0.1) is 5.69 Å². The van der Waals surface area contributed by atoms with Crippen LogP contribution in [0.15, 0.2) is 24.3 Å². The number of H-pyrrole nitrogens is 1. The zero-order chi connectivity index (χ0) is 13.2. The molecule has 1 N–H and O–H groups in total. The van der Waals surface area contributed by atoms with Crippen LogP contribution in [0.1, 0.15) is 43.8 Å². The van der Waals surface area contributed by atoms with Crippen molar-refractivity contribution >= 4 is 23.8 Å². The minimum atomic E-state index is 0.501. The molecule has 0 amide bonds. The lowest BCUT2D eigenvalue weighted by Gasteiger charge is -2.21. The fourth-order valence-corrected chi connectivity index (χ4v) is 3.24. The van der Waals surface area contributed by atoms with Gasteiger partial charge in [-0.1, -0.05) is 36.9 Å². The average Bonchev–Trinajstić information content (AvgIpc) is 2.82. The minimum Gasteiger partial charge on any atom is -0.272 e. The van der Waals surface area contributed by atoms with E-state index in [-0.39, 0.29) is 0 Å². The van der Waals surface area contributed by atoms with Crippen LogP contribution >= 0.6 is 23.8 Å². The van der Waals surface area contributed by atoms with Gasteiger partial charge in [0, 0.05) is 10.9 Å². The van der Waals surface area contributed by atoms with Crippen LogP contribution in [0.25, 0.3) is 5.69 Å². The van der Waals surface area contributed by atoms with Crippen LogP contribution in [0.5, 0.6) is 0 Å². The first-order chi connectivity index (χ1) is 9.25. The summed E-state index contributed by atoms with van der Waals surface area (Å²) in [4.78, 5) is 0. The number of halogens is 1. The molecule has 0 saturated heterocycles. The summed E-state index contributed by atoms with van der Waals surface area (Å²) in [6.07, 6.45) is 6.28. The number of hydrogen-bond donors (Lipinski definition) is 1. The molecular formula is C14H16ClN3S. The topological polar surface area (TPSA) is 33.6 Å². The first kappa shape index (κ1) is 12.9. The van der Waals surface area contributed by atoms with Gasteiger partial charge in [-0.3, -0.25) is 9.67 Å². The first-order valence-corrected chi connectivity index (χ1v) is 7.47. The standard InChI is InChI=1S/C14H16ClN3S/c15-11-7-4-8-12(9-11)18-13(16-17-14(18)19)10-5-2-1-3-6-10/h4,7-10H,1-3,5-6H2,(H,17,19). The molecule has 1 aromatic heterocycles. The van der Waals surface area contributed by atoms with E-state index in [1.54, 1.807) is 0 Å². The van der Waals surface area contributed by atoms with E-state index in [0.717, 1.165) is 16.5 Å². The van der Waals surface area contributed by atoms with Crippen LogP contribution in [-0.2, 0) is 0 Å². The van der Waals surface area contributed by atoms with E-state index in [2.05, 4.69) is 10.2 Å². The molecule has 1 fully saturated rings. The molecule has 1 aliphatic carbocycles. The molecule has 0 aliphatic heterocycles. The van der Waals surface area contributed by atoms with Crippen molar-refractivity contribution in [2.45, 2.75) is 38.0 Å². The average molecular weight is 294 g/mol. The summed E-state index contributed by atoms with van der Waals surface area (Å²) in [5, 5.41) is 8.09. The van der Waals surface area contributed by atoms with E-state index in [1.807, 2.05) is 28.8 Å². The van der Waals surface area contributed by atoms with Crippen LogP contribution < -0.4 is 0 Å². The third kappa shape index (κ3) is 2.60. The summed E-state index contributed by atoms with van der Waals surface area (Å²) < 4.78 is 2.67. The van der Waals surface area contributed by atoms with Gasteiger partial charge in [-0.15, -0.1) is 0 Å². The molecule has 0 atom stereocenters. The first-order valence-electron chi connectivity index (χ1n) is 6.69. The van der Waals surface area contributed by atoms with Crippen LogP contribution in [0, 0.1) is 4.77 Å². The van der Waals surface area contributed by atoms with E-state index in [4.69, 9.17) is 23.8 Å². The lowest BCUT2D eigenvalue weighted by Crippen LogP contribution is -2.11. The van der Waals surface area contributed by atoms with E-state index >= 15 is 0 Å². The van der Waals surface area contributed by atoms with Gasteiger partial charge in [0.2, 0.25) is 0 Å². The Morgan fingerprint density at radius 2 is 2.05 bits per heavy atom. The molecule has 0 spiro atoms. The molecule has 2 aromatic rings. The van der Waals surface area contributed by atoms with E-state index in [1.165, 1.54) is 32.1 Å². The molecule has 1 heterocycles. The van der Waals surface area contributed by atoms with Gasteiger partial charge >= 0.3 is 0 Å². The highest BCUT2D eigenvalue weighted by Gasteiger charge is 2.21. The number of hydrogen-bond acceptors (Lipinski definition) is 2. The van der Waals surface area contributed by atoms with Crippen molar-refractivity contribution in [2.24, 2.45) is 0 Å². The highest BCUT2D eigenvalue weighted by atomic mass is 35.5. The zero-order valence-corrected chi connectivity index (χ0v) is 12.2. The molecule has 100 valence electrons. The van der Waals surface area contributed by atoms with Gasteiger partial charge < -0.3 is 0 Å². The number of nitrogens with zero attached hydrogens (tertiary/aromatic N) is 2. The van der Waals surface area contributed by atoms with Gasteiger partial charge in [-0.25, -0.2) is 0 Å². The summed E-state index contributed by atoms with van der Waals surface area (Å²) in [5.74, 6) is 1.55. The Morgan fingerprint density at radius 3 is 2.79 bits per heavy atom. The molecular weight excluding hydrogens is 278 g/mol. The second kappa shape index (κ2) is 5.47. The molecule has 1 aliphatic rings. The van der Waals surface area contributed by atoms with Gasteiger partial charge in [-0.2, -0.15) is 5.10 Å². The summed E-state index contributed by atoms with van der Waals surface area (Å²) in [5.41, 5.74) is 0.992. The van der Waals surface area contributed by atoms with Crippen molar-refractivity contribution in [1.82, 2.24) is 14.8 Å². The Labute approximate surface area is 122 Å². The monoisotopic (exact) mass is 293 g/mol. The lowest BCUT2D eigenvalue weighted by molar-refractivity contribution is 0.424. The highest BCUT2D eigenvalue weighted by Crippen LogP contribution is 2.32. The van der Waals surface area contributed by atoms with Crippen molar-refractivity contribution < 1.29 is 0 Å². The maximum absolute atomic E-state index is 6.07. The lowest BCUT2D eigenvalue weighted by atomic mass is 9.88. The van der Waals surface area contributed by atoms with E-state index < -0.39 is 0 Å². The molecule has 5 heteroatoms. The number of nitrogens with one attached hydrogen (secondary N) is 1. The quantitative estimate of drug-likeness (QED) is 0.819. The predicted octanol–water partition coefficient (Wildman–Crippen LogP) is 4.63. The van der Waals surface area contributed by atoms with Crippen LogP contribution in [0.2, 0.25) is 5.02 Å². The number of rotatable bonds is 2. The Morgan fingerprint density at radius 1 is 1.26 bits per heavy atom. The van der Waals surface area contributed by atoms with Gasteiger partial charge in [0.25, 0.3) is 0 Å². The maximum Gasteiger partial charge on any atom is 0.199 e. The SMILES string of the molecule is S=c1[nH]nc(C2CCCCC2)n1-c1cccc(Cl)c1. The number of aromatic amines is 1. The second-order valence-electron chi connectivity index (χ2n) is 5.04. The summed E-state index contributed by atoms with van der Waals surface area (Å²) in [6.45, 7) is 0.